The van der Waals surface area contributed by atoms with Gasteiger partial charge >= 0.3 is 0 Å². The Morgan fingerprint density at radius 3 is 1.09 bits per heavy atom. The largest absolute Gasteiger partial charge is 0.491 e. The number of unbranched alkanes of at least 4 members (excludes halogenated alkanes) is 1. The van der Waals surface area contributed by atoms with E-state index in [0.29, 0.717) is 52.9 Å². The zero-order chi connectivity index (χ0) is 22.7. The van der Waals surface area contributed by atoms with Crippen molar-refractivity contribution in [1.82, 2.24) is 0 Å². The summed E-state index contributed by atoms with van der Waals surface area (Å²) in [5.74, 6) is 1.74. The molecule has 6 nitrogen and oxygen atoms in total. The molecule has 6 heteroatoms. The van der Waals surface area contributed by atoms with Gasteiger partial charge in [-0.1, -0.05) is 35.4 Å². The van der Waals surface area contributed by atoms with E-state index in [1.165, 1.54) is 11.1 Å². The van der Waals surface area contributed by atoms with E-state index in [9.17, 15) is 0 Å². The molecule has 32 heavy (non-hydrogen) atoms. The molecule has 0 heterocycles. The van der Waals surface area contributed by atoms with Gasteiger partial charge in [-0.15, -0.1) is 0 Å². The van der Waals surface area contributed by atoms with Gasteiger partial charge < -0.3 is 28.4 Å². The van der Waals surface area contributed by atoms with Gasteiger partial charge in [0.05, 0.1) is 39.6 Å². The van der Waals surface area contributed by atoms with Crippen LogP contribution >= 0.6 is 0 Å². The molecule has 0 aliphatic heterocycles. The monoisotopic (exact) mass is 446 g/mol. The van der Waals surface area contributed by atoms with Crippen LogP contribution in [0.3, 0.4) is 0 Å². The molecule has 2 aromatic carbocycles. The number of hydrogen-bond donors (Lipinski definition) is 0. The summed E-state index contributed by atoms with van der Waals surface area (Å²) in [6, 6.07) is 16.0. The van der Waals surface area contributed by atoms with Crippen molar-refractivity contribution in [2.24, 2.45) is 0 Å². The first kappa shape index (κ1) is 26.1. The van der Waals surface area contributed by atoms with Crippen LogP contribution < -0.4 is 9.47 Å². The third-order valence-electron chi connectivity index (χ3n) is 4.61. The van der Waals surface area contributed by atoms with Gasteiger partial charge in [-0.3, -0.25) is 0 Å². The maximum Gasteiger partial charge on any atom is 0.119 e. The number of aryl methyl sites for hydroxylation is 2. The van der Waals surface area contributed by atoms with Crippen molar-refractivity contribution in [3.63, 3.8) is 0 Å². The fraction of sp³-hybridized carbons (Fsp3) is 0.538. The van der Waals surface area contributed by atoms with E-state index >= 15 is 0 Å². The lowest BCUT2D eigenvalue weighted by Gasteiger charge is -2.09. The van der Waals surface area contributed by atoms with Gasteiger partial charge in [0.1, 0.15) is 24.7 Å². The van der Waals surface area contributed by atoms with Crippen LogP contribution in [0.2, 0.25) is 0 Å². The molecule has 0 atom stereocenters. The van der Waals surface area contributed by atoms with Crippen LogP contribution in [-0.2, 0) is 18.9 Å². The first-order valence-electron chi connectivity index (χ1n) is 11.4. The highest BCUT2D eigenvalue weighted by atomic mass is 16.5. The molecule has 2 rings (SSSR count). The number of ether oxygens (including phenoxy) is 6. The summed E-state index contributed by atoms with van der Waals surface area (Å²) in [5, 5.41) is 0. The average Bonchev–Trinajstić information content (AvgIpc) is 2.80. The van der Waals surface area contributed by atoms with Crippen molar-refractivity contribution in [2.75, 3.05) is 66.1 Å². The molecule has 0 aliphatic rings. The summed E-state index contributed by atoms with van der Waals surface area (Å²) < 4.78 is 33.4. The van der Waals surface area contributed by atoms with E-state index in [0.717, 1.165) is 37.6 Å². The Kier molecular flexibility index (Phi) is 14.2. The first-order chi connectivity index (χ1) is 15.7. The van der Waals surface area contributed by atoms with Gasteiger partial charge in [0.25, 0.3) is 0 Å². The zero-order valence-corrected chi connectivity index (χ0v) is 19.6. The van der Waals surface area contributed by atoms with Crippen molar-refractivity contribution in [2.45, 2.75) is 26.7 Å². The molecular formula is C26H38O6. The molecule has 0 saturated carbocycles. The lowest BCUT2D eigenvalue weighted by atomic mass is 10.2. The first-order valence-corrected chi connectivity index (χ1v) is 11.4. The number of rotatable bonds is 19. The summed E-state index contributed by atoms with van der Waals surface area (Å²) in [4.78, 5) is 0. The molecule has 0 aliphatic carbocycles. The molecule has 0 fully saturated rings. The van der Waals surface area contributed by atoms with Crippen molar-refractivity contribution in [1.29, 1.82) is 0 Å². The van der Waals surface area contributed by atoms with Crippen LogP contribution in [0.5, 0.6) is 11.5 Å². The Bertz CT molecular complexity index is 625. The molecule has 178 valence electrons. The van der Waals surface area contributed by atoms with Gasteiger partial charge in [0.2, 0.25) is 0 Å². The van der Waals surface area contributed by atoms with Crippen LogP contribution in [0.1, 0.15) is 24.0 Å². The fourth-order valence-corrected chi connectivity index (χ4v) is 2.76. The van der Waals surface area contributed by atoms with Gasteiger partial charge in [-0.05, 0) is 51.0 Å². The minimum Gasteiger partial charge on any atom is -0.491 e. The predicted molar refractivity (Wildman–Crippen MR) is 126 cm³/mol. The third-order valence-corrected chi connectivity index (χ3v) is 4.61. The predicted octanol–water partition coefficient (Wildman–Crippen LogP) is 4.61. The maximum absolute atomic E-state index is 5.61. The molecule has 0 N–H and O–H groups in total. The highest BCUT2D eigenvalue weighted by Crippen LogP contribution is 2.11. The lowest BCUT2D eigenvalue weighted by Crippen LogP contribution is -2.12. The smallest absolute Gasteiger partial charge is 0.119 e. The van der Waals surface area contributed by atoms with E-state index in [2.05, 4.69) is 13.8 Å². The van der Waals surface area contributed by atoms with Crippen LogP contribution in [0.4, 0.5) is 0 Å². The zero-order valence-electron chi connectivity index (χ0n) is 19.6. The van der Waals surface area contributed by atoms with Crippen molar-refractivity contribution in [3.8, 4) is 11.5 Å². The third kappa shape index (κ3) is 13.3. The topological polar surface area (TPSA) is 55.4 Å². The molecule has 0 amide bonds. The molecule has 0 saturated heterocycles. The highest BCUT2D eigenvalue weighted by molar-refractivity contribution is 5.26. The minimum absolute atomic E-state index is 0.546. The second-order valence-electron chi connectivity index (χ2n) is 7.48. The molecule has 0 unspecified atom stereocenters. The van der Waals surface area contributed by atoms with Crippen molar-refractivity contribution in [3.05, 3.63) is 59.7 Å². The quantitative estimate of drug-likeness (QED) is 0.294. The average molecular weight is 447 g/mol. The summed E-state index contributed by atoms with van der Waals surface area (Å²) in [6.07, 6.45) is 1.95. The van der Waals surface area contributed by atoms with Gasteiger partial charge in [-0.25, -0.2) is 0 Å². The van der Waals surface area contributed by atoms with E-state index in [1.807, 2.05) is 48.5 Å². The number of hydrogen-bond acceptors (Lipinski definition) is 6. The fourth-order valence-electron chi connectivity index (χ4n) is 2.76. The van der Waals surface area contributed by atoms with Gasteiger partial charge in [0, 0.05) is 13.2 Å². The Morgan fingerprint density at radius 1 is 0.406 bits per heavy atom. The lowest BCUT2D eigenvalue weighted by molar-refractivity contribution is 0.0247. The van der Waals surface area contributed by atoms with E-state index in [4.69, 9.17) is 28.4 Å². The molecule has 0 radical (unpaired) electrons. The second kappa shape index (κ2) is 17.4. The Hall–Kier alpha value is -2.12. The second-order valence-corrected chi connectivity index (χ2v) is 7.48. The van der Waals surface area contributed by atoms with Crippen LogP contribution in [0.25, 0.3) is 0 Å². The highest BCUT2D eigenvalue weighted by Gasteiger charge is 1.96. The molecule has 0 spiro atoms. The molecular weight excluding hydrogens is 408 g/mol. The number of benzene rings is 2. The summed E-state index contributed by atoms with van der Waals surface area (Å²) >= 11 is 0. The Morgan fingerprint density at radius 2 is 0.719 bits per heavy atom. The summed E-state index contributed by atoms with van der Waals surface area (Å²) in [5.41, 5.74) is 2.45. The van der Waals surface area contributed by atoms with Crippen LogP contribution in [0.15, 0.2) is 48.5 Å². The molecule has 0 bridgehead atoms. The summed E-state index contributed by atoms with van der Waals surface area (Å²) in [6.45, 7) is 10.1. The van der Waals surface area contributed by atoms with E-state index < -0.39 is 0 Å². The van der Waals surface area contributed by atoms with Gasteiger partial charge in [0.15, 0.2) is 0 Å². The standard InChI is InChI=1S/C26H38O6/c1-23-5-9-25(10-6-23)31-21-19-29-17-15-27-13-3-4-14-28-16-18-30-20-22-32-26-11-7-24(2)8-12-26/h5-12H,3-4,13-22H2,1-2H3. The SMILES string of the molecule is Cc1ccc(OCCOCCOCCCCOCCOCCOc2ccc(C)cc2)cc1. The van der Waals surface area contributed by atoms with Crippen molar-refractivity contribution >= 4 is 0 Å². The Balaban J connectivity index is 1.25. The molecule has 0 aromatic heterocycles. The minimum atomic E-state index is 0.546. The van der Waals surface area contributed by atoms with Crippen LogP contribution in [-0.4, -0.2) is 66.1 Å². The Labute approximate surface area is 192 Å². The molecule has 2 aromatic rings. The van der Waals surface area contributed by atoms with Gasteiger partial charge in [-0.2, -0.15) is 0 Å². The van der Waals surface area contributed by atoms with Crippen molar-refractivity contribution < 1.29 is 28.4 Å². The maximum atomic E-state index is 5.61. The van der Waals surface area contributed by atoms with E-state index in [-0.39, 0.29) is 0 Å². The van der Waals surface area contributed by atoms with Crippen LogP contribution in [0, 0.1) is 13.8 Å². The normalized spacial score (nSPS) is 10.9. The van der Waals surface area contributed by atoms with E-state index in [1.54, 1.807) is 0 Å². The summed E-state index contributed by atoms with van der Waals surface area (Å²) in [7, 11) is 0.